The van der Waals surface area contributed by atoms with Crippen molar-refractivity contribution in [3.63, 3.8) is 0 Å². The number of aliphatic hydroxyl groups is 1. The highest BCUT2D eigenvalue weighted by molar-refractivity contribution is 7.99. The highest BCUT2D eigenvalue weighted by Crippen LogP contribution is 2.28. The summed E-state index contributed by atoms with van der Waals surface area (Å²) < 4.78 is 0. The Bertz CT molecular complexity index is 194. The van der Waals surface area contributed by atoms with Crippen LogP contribution in [0.5, 0.6) is 0 Å². The lowest BCUT2D eigenvalue weighted by atomic mass is 9.87. The number of hydrogen-bond donors (Lipinski definition) is 1. The zero-order valence-electron chi connectivity index (χ0n) is 9.85. The molecule has 2 aliphatic rings. The van der Waals surface area contributed by atoms with Crippen LogP contribution < -0.4 is 0 Å². The van der Waals surface area contributed by atoms with Crippen molar-refractivity contribution in [2.24, 2.45) is 11.8 Å². The van der Waals surface area contributed by atoms with Crippen LogP contribution in [0, 0.1) is 11.8 Å². The van der Waals surface area contributed by atoms with Gasteiger partial charge in [0.25, 0.3) is 0 Å². The van der Waals surface area contributed by atoms with Gasteiger partial charge in [-0.2, -0.15) is 11.8 Å². The highest BCUT2D eigenvalue weighted by atomic mass is 32.2. The SMILES string of the molecule is CC1CN(C2CCSCC2)CC(C)C1O. The van der Waals surface area contributed by atoms with Crippen molar-refractivity contribution >= 4 is 11.8 Å². The molecule has 2 aliphatic heterocycles. The summed E-state index contributed by atoms with van der Waals surface area (Å²) in [6.07, 6.45) is 2.61. The molecule has 2 unspecified atom stereocenters. The van der Waals surface area contributed by atoms with Gasteiger partial charge in [-0.25, -0.2) is 0 Å². The van der Waals surface area contributed by atoms with Gasteiger partial charge in [0.1, 0.15) is 0 Å². The number of hydrogen-bond acceptors (Lipinski definition) is 3. The van der Waals surface area contributed by atoms with E-state index in [4.69, 9.17) is 0 Å². The van der Waals surface area contributed by atoms with Crippen molar-refractivity contribution in [2.75, 3.05) is 24.6 Å². The smallest absolute Gasteiger partial charge is 0.0615 e. The average molecular weight is 229 g/mol. The van der Waals surface area contributed by atoms with E-state index in [0.29, 0.717) is 11.8 Å². The van der Waals surface area contributed by atoms with Gasteiger partial charge >= 0.3 is 0 Å². The summed E-state index contributed by atoms with van der Waals surface area (Å²) in [7, 11) is 0. The first-order chi connectivity index (χ1) is 7.18. The maximum absolute atomic E-state index is 9.93. The summed E-state index contributed by atoms with van der Waals surface area (Å²) in [5.74, 6) is 3.55. The van der Waals surface area contributed by atoms with Gasteiger partial charge in [0.15, 0.2) is 0 Å². The number of likely N-dealkylation sites (tertiary alicyclic amines) is 1. The van der Waals surface area contributed by atoms with Crippen LogP contribution in [0.15, 0.2) is 0 Å². The molecule has 2 rings (SSSR count). The van der Waals surface area contributed by atoms with E-state index in [1.54, 1.807) is 0 Å². The van der Waals surface area contributed by atoms with Crippen LogP contribution in [-0.2, 0) is 0 Å². The molecule has 0 radical (unpaired) electrons. The van der Waals surface area contributed by atoms with Crippen molar-refractivity contribution in [2.45, 2.75) is 38.8 Å². The van der Waals surface area contributed by atoms with Gasteiger partial charge < -0.3 is 5.11 Å². The third-order valence-electron chi connectivity index (χ3n) is 3.92. The third kappa shape index (κ3) is 2.69. The minimum Gasteiger partial charge on any atom is -0.392 e. The summed E-state index contributed by atoms with van der Waals surface area (Å²) in [4.78, 5) is 2.63. The highest BCUT2D eigenvalue weighted by Gasteiger charge is 2.33. The molecule has 0 aromatic carbocycles. The fraction of sp³-hybridized carbons (Fsp3) is 1.00. The quantitative estimate of drug-likeness (QED) is 0.742. The average Bonchev–Trinajstić information content (AvgIpc) is 2.26. The first-order valence-corrected chi connectivity index (χ1v) is 7.34. The second-order valence-electron chi connectivity index (χ2n) is 5.24. The summed E-state index contributed by atoms with van der Waals surface area (Å²) in [6.45, 7) is 6.57. The second kappa shape index (κ2) is 5.07. The van der Waals surface area contributed by atoms with Crippen LogP contribution in [0.2, 0.25) is 0 Å². The summed E-state index contributed by atoms with van der Waals surface area (Å²) in [5.41, 5.74) is 0. The fourth-order valence-electron chi connectivity index (χ4n) is 2.94. The van der Waals surface area contributed by atoms with E-state index in [1.165, 1.54) is 24.3 Å². The van der Waals surface area contributed by atoms with Crippen LogP contribution >= 0.6 is 11.8 Å². The predicted molar refractivity (Wildman–Crippen MR) is 66.3 cm³/mol. The fourth-order valence-corrected chi connectivity index (χ4v) is 4.02. The Balaban J connectivity index is 1.92. The van der Waals surface area contributed by atoms with Crippen LogP contribution in [0.4, 0.5) is 0 Å². The molecule has 88 valence electrons. The first kappa shape index (κ1) is 11.7. The number of piperidine rings is 1. The van der Waals surface area contributed by atoms with Gasteiger partial charge in [-0.3, -0.25) is 4.90 Å². The molecule has 0 aromatic heterocycles. The number of aliphatic hydroxyl groups excluding tert-OH is 1. The summed E-state index contributed by atoms with van der Waals surface area (Å²) >= 11 is 2.09. The topological polar surface area (TPSA) is 23.5 Å². The zero-order chi connectivity index (χ0) is 10.8. The van der Waals surface area contributed by atoms with Gasteiger partial charge in [0.2, 0.25) is 0 Å². The summed E-state index contributed by atoms with van der Waals surface area (Å²) in [6, 6.07) is 0.795. The number of thioether (sulfide) groups is 1. The molecule has 15 heavy (non-hydrogen) atoms. The monoisotopic (exact) mass is 229 g/mol. The maximum atomic E-state index is 9.93. The van der Waals surface area contributed by atoms with Crippen LogP contribution in [0.25, 0.3) is 0 Å². The molecule has 0 spiro atoms. The molecule has 0 saturated carbocycles. The molecular formula is C12H23NOS. The van der Waals surface area contributed by atoms with E-state index < -0.39 is 0 Å². The maximum Gasteiger partial charge on any atom is 0.0615 e. The number of nitrogens with zero attached hydrogens (tertiary/aromatic N) is 1. The molecule has 2 nitrogen and oxygen atoms in total. The third-order valence-corrected chi connectivity index (χ3v) is 4.97. The lowest BCUT2D eigenvalue weighted by Gasteiger charge is -2.43. The molecule has 3 heteroatoms. The van der Waals surface area contributed by atoms with E-state index in [9.17, 15) is 5.11 Å². The van der Waals surface area contributed by atoms with Gasteiger partial charge in [-0.1, -0.05) is 13.8 Å². The molecule has 2 heterocycles. The van der Waals surface area contributed by atoms with E-state index in [1.807, 2.05) is 0 Å². The largest absolute Gasteiger partial charge is 0.392 e. The van der Waals surface area contributed by atoms with Crippen LogP contribution in [-0.4, -0.2) is 46.7 Å². The molecular weight excluding hydrogens is 206 g/mol. The van der Waals surface area contributed by atoms with Gasteiger partial charge in [-0.05, 0) is 36.2 Å². The molecule has 0 bridgehead atoms. The molecule has 0 aromatic rings. The normalized spacial score (nSPS) is 40.6. The lowest BCUT2D eigenvalue weighted by molar-refractivity contribution is -0.0242. The van der Waals surface area contributed by atoms with E-state index >= 15 is 0 Å². The Labute approximate surface area is 97.4 Å². The Kier molecular flexibility index (Phi) is 3.97. The minimum absolute atomic E-state index is 0.0841. The van der Waals surface area contributed by atoms with Crippen molar-refractivity contribution in [3.8, 4) is 0 Å². The van der Waals surface area contributed by atoms with E-state index in [2.05, 4.69) is 30.5 Å². The van der Waals surface area contributed by atoms with Gasteiger partial charge in [-0.15, -0.1) is 0 Å². The molecule has 2 saturated heterocycles. The molecule has 1 N–H and O–H groups in total. The van der Waals surface area contributed by atoms with Crippen molar-refractivity contribution < 1.29 is 5.11 Å². The van der Waals surface area contributed by atoms with Gasteiger partial charge in [0.05, 0.1) is 6.10 Å². The van der Waals surface area contributed by atoms with Crippen molar-refractivity contribution in [3.05, 3.63) is 0 Å². The molecule has 2 fully saturated rings. The Morgan fingerprint density at radius 1 is 1.07 bits per heavy atom. The standard InChI is InChI=1S/C12H23NOS/c1-9-7-13(8-10(2)12(9)14)11-3-5-15-6-4-11/h9-12,14H,3-8H2,1-2H3. The predicted octanol–water partition coefficient (Wildman–Crippen LogP) is 1.83. The Morgan fingerprint density at radius 2 is 1.60 bits per heavy atom. The molecule has 0 amide bonds. The second-order valence-corrected chi connectivity index (χ2v) is 6.47. The van der Waals surface area contributed by atoms with Crippen molar-refractivity contribution in [1.29, 1.82) is 0 Å². The zero-order valence-corrected chi connectivity index (χ0v) is 10.7. The van der Waals surface area contributed by atoms with Gasteiger partial charge in [0, 0.05) is 19.1 Å². The van der Waals surface area contributed by atoms with Crippen molar-refractivity contribution in [1.82, 2.24) is 4.90 Å². The lowest BCUT2D eigenvalue weighted by Crippen LogP contribution is -2.52. The summed E-state index contributed by atoms with van der Waals surface area (Å²) in [5, 5.41) is 9.93. The number of rotatable bonds is 1. The molecule has 2 atom stereocenters. The van der Waals surface area contributed by atoms with Crippen LogP contribution in [0.1, 0.15) is 26.7 Å². The van der Waals surface area contributed by atoms with Crippen LogP contribution in [0.3, 0.4) is 0 Å². The van der Waals surface area contributed by atoms with E-state index in [0.717, 1.165) is 19.1 Å². The first-order valence-electron chi connectivity index (χ1n) is 6.18. The van der Waals surface area contributed by atoms with E-state index in [-0.39, 0.29) is 6.10 Å². The molecule has 0 aliphatic carbocycles. The Hall–Kier alpha value is 0.270. The minimum atomic E-state index is -0.0841. The Morgan fingerprint density at radius 3 is 2.13 bits per heavy atom.